The summed E-state index contributed by atoms with van der Waals surface area (Å²) in [6.45, 7) is 1.79. The molecule has 0 spiro atoms. The molecule has 0 fully saturated rings. The number of hydrogen-bond acceptors (Lipinski definition) is 2. The lowest BCUT2D eigenvalue weighted by Crippen LogP contribution is -2.39. The van der Waals surface area contributed by atoms with Crippen LogP contribution in [0, 0.1) is 5.82 Å². The minimum atomic E-state index is -0.357. The summed E-state index contributed by atoms with van der Waals surface area (Å²) in [5.41, 5.74) is 2.63. The van der Waals surface area contributed by atoms with Crippen LogP contribution in [-0.2, 0) is 11.2 Å². The van der Waals surface area contributed by atoms with E-state index >= 15 is 0 Å². The summed E-state index contributed by atoms with van der Waals surface area (Å²) >= 11 is 0. The molecule has 2 N–H and O–H groups in total. The molecule has 0 radical (unpaired) electrons. The fraction of sp³-hybridized carbons (Fsp3) is 0.235. The van der Waals surface area contributed by atoms with Gasteiger partial charge in [-0.25, -0.2) is 4.39 Å². The first-order valence-electron chi connectivity index (χ1n) is 7.04. The summed E-state index contributed by atoms with van der Waals surface area (Å²) in [6.07, 6.45) is 0.659. The average Bonchev–Trinajstić information content (AvgIpc) is 2.91. The number of para-hydroxylation sites is 1. The number of carbonyl (C=O) groups excluding carboxylic acids is 1. The van der Waals surface area contributed by atoms with Gasteiger partial charge in [-0.3, -0.25) is 4.79 Å². The summed E-state index contributed by atoms with van der Waals surface area (Å²) in [7, 11) is 0. The Balaban J connectivity index is 1.67. The maximum absolute atomic E-state index is 13.7. The van der Waals surface area contributed by atoms with E-state index < -0.39 is 0 Å². The SMILES string of the molecule is C[C@@H](NC(=O)[C@@H]1Cc2ccccc2N1)c1ccccc1F. The Morgan fingerprint density at radius 3 is 2.71 bits per heavy atom. The van der Waals surface area contributed by atoms with Gasteiger partial charge in [0.1, 0.15) is 11.9 Å². The van der Waals surface area contributed by atoms with Crippen molar-refractivity contribution in [3.63, 3.8) is 0 Å². The van der Waals surface area contributed by atoms with Gasteiger partial charge in [-0.15, -0.1) is 0 Å². The highest BCUT2D eigenvalue weighted by atomic mass is 19.1. The van der Waals surface area contributed by atoms with Crippen LogP contribution in [0.15, 0.2) is 48.5 Å². The zero-order valence-corrected chi connectivity index (χ0v) is 11.8. The first-order valence-corrected chi connectivity index (χ1v) is 7.04. The van der Waals surface area contributed by atoms with Crippen LogP contribution in [0.4, 0.5) is 10.1 Å². The second-order valence-corrected chi connectivity index (χ2v) is 5.31. The fourth-order valence-electron chi connectivity index (χ4n) is 2.67. The molecule has 1 heterocycles. The van der Waals surface area contributed by atoms with E-state index in [1.807, 2.05) is 24.3 Å². The van der Waals surface area contributed by atoms with E-state index in [-0.39, 0.29) is 23.8 Å². The number of amides is 1. The molecule has 0 aliphatic carbocycles. The lowest BCUT2D eigenvalue weighted by molar-refractivity contribution is -0.122. The van der Waals surface area contributed by atoms with Crippen molar-refractivity contribution in [2.45, 2.75) is 25.4 Å². The van der Waals surface area contributed by atoms with Crippen molar-refractivity contribution in [1.29, 1.82) is 0 Å². The van der Waals surface area contributed by atoms with Gasteiger partial charge in [-0.2, -0.15) is 0 Å². The van der Waals surface area contributed by atoms with Gasteiger partial charge < -0.3 is 10.6 Å². The number of halogens is 1. The molecule has 4 heteroatoms. The van der Waals surface area contributed by atoms with Crippen molar-refractivity contribution in [3.8, 4) is 0 Å². The Morgan fingerprint density at radius 1 is 1.24 bits per heavy atom. The summed E-state index contributed by atoms with van der Waals surface area (Å²) < 4.78 is 13.7. The molecule has 0 aromatic heterocycles. The van der Waals surface area contributed by atoms with Crippen LogP contribution in [0.3, 0.4) is 0 Å². The minimum absolute atomic E-state index is 0.109. The molecule has 0 unspecified atom stereocenters. The molecule has 2 atom stereocenters. The standard InChI is InChI=1S/C17H17FN2O/c1-11(13-7-3-4-8-14(13)18)19-17(21)16-10-12-6-2-5-9-15(12)20-16/h2-9,11,16,20H,10H2,1H3,(H,19,21)/t11-,16+/m1/s1. The summed E-state index contributed by atoms with van der Waals surface area (Å²) in [6, 6.07) is 13.7. The third-order valence-corrected chi connectivity index (χ3v) is 3.82. The number of nitrogens with one attached hydrogen (secondary N) is 2. The van der Waals surface area contributed by atoms with Gasteiger partial charge in [-0.05, 0) is 24.6 Å². The third kappa shape index (κ3) is 2.75. The highest BCUT2D eigenvalue weighted by Gasteiger charge is 2.27. The maximum Gasteiger partial charge on any atom is 0.243 e. The zero-order valence-electron chi connectivity index (χ0n) is 11.8. The van der Waals surface area contributed by atoms with E-state index in [0.717, 1.165) is 11.3 Å². The number of hydrogen-bond donors (Lipinski definition) is 2. The molecule has 3 rings (SSSR count). The van der Waals surface area contributed by atoms with E-state index in [2.05, 4.69) is 10.6 Å². The summed E-state index contributed by atoms with van der Waals surface area (Å²) in [5, 5.41) is 6.07. The van der Waals surface area contributed by atoms with Gasteiger partial charge in [0.25, 0.3) is 0 Å². The van der Waals surface area contributed by atoms with Crippen molar-refractivity contribution >= 4 is 11.6 Å². The second-order valence-electron chi connectivity index (χ2n) is 5.31. The average molecular weight is 284 g/mol. The molecule has 0 saturated heterocycles. The van der Waals surface area contributed by atoms with E-state index in [1.165, 1.54) is 6.07 Å². The highest BCUT2D eigenvalue weighted by molar-refractivity contribution is 5.87. The van der Waals surface area contributed by atoms with Gasteiger partial charge in [0.15, 0.2) is 0 Å². The summed E-state index contributed by atoms with van der Waals surface area (Å²) in [5.74, 6) is -0.407. The Kier molecular flexibility index (Phi) is 3.60. The molecule has 0 saturated carbocycles. The van der Waals surface area contributed by atoms with Crippen molar-refractivity contribution in [1.82, 2.24) is 5.32 Å². The largest absolute Gasteiger partial charge is 0.373 e. The van der Waals surface area contributed by atoms with Crippen LogP contribution in [0.1, 0.15) is 24.1 Å². The Hall–Kier alpha value is -2.36. The smallest absolute Gasteiger partial charge is 0.243 e. The molecule has 2 aromatic carbocycles. The molecular weight excluding hydrogens is 267 g/mol. The Labute approximate surface area is 123 Å². The monoisotopic (exact) mass is 284 g/mol. The Morgan fingerprint density at radius 2 is 1.95 bits per heavy atom. The van der Waals surface area contributed by atoms with Crippen LogP contribution in [0.5, 0.6) is 0 Å². The number of fused-ring (bicyclic) bond motifs is 1. The van der Waals surface area contributed by atoms with Crippen LogP contribution in [0.2, 0.25) is 0 Å². The van der Waals surface area contributed by atoms with E-state index in [4.69, 9.17) is 0 Å². The van der Waals surface area contributed by atoms with Gasteiger partial charge >= 0.3 is 0 Å². The maximum atomic E-state index is 13.7. The molecule has 21 heavy (non-hydrogen) atoms. The third-order valence-electron chi connectivity index (χ3n) is 3.82. The van der Waals surface area contributed by atoms with Crippen LogP contribution < -0.4 is 10.6 Å². The molecule has 1 aliphatic heterocycles. The second kappa shape index (κ2) is 5.56. The fourth-order valence-corrected chi connectivity index (χ4v) is 2.67. The zero-order chi connectivity index (χ0) is 14.8. The molecule has 108 valence electrons. The van der Waals surface area contributed by atoms with Gasteiger partial charge in [-0.1, -0.05) is 36.4 Å². The molecule has 1 amide bonds. The van der Waals surface area contributed by atoms with E-state index in [1.54, 1.807) is 25.1 Å². The predicted octanol–water partition coefficient (Wildman–Crippen LogP) is 3.04. The summed E-state index contributed by atoms with van der Waals surface area (Å²) in [4.78, 5) is 12.3. The normalized spacial score (nSPS) is 17.7. The van der Waals surface area contributed by atoms with Gasteiger partial charge in [0, 0.05) is 17.7 Å². The lowest BCUT2D eigenvalue weighted by atomic mass is 10.1. The quantitative estimate of drug-likeness (QED) is 0.909. The number of benzene rings is 2. The number of carbonyl (C=O) groups is 1. The molecular formula is C17H17FN2O. The topological polar surface area (TPSA) is 41.1 Å². The molecule has 0 bridgehead atoms. The van der Waals surface area contributed by atoms with Gasteiger partial charge in [0.05, 0.1) is 6.04 Å². The predicted molar refractivity (Wildman–Crippen MR) is 80.5 cm³/mol. The van der Waals surface area contributed by atoms with Crippen LogP contribution >= 0.6 is 0 Å². The molecule has 1 aliphatic rings. The van der Waals surface area contributed by atoms with E-state index in [9.17, 15) is 9.18 Å². The van der Waals surface area contributed by atoms with Crippen molar-refractivity contribution in [3.05, 3.63) is 65.5 Å². The molecule has 2 aromatic rings. The van der Waals surface area contributed by atoms with Crippen molar-refractivity contribution < 1.29 is 9.18 Å². The first-order chi connectivity index (χ1) is 10.1. The highest BCUT2D eigenvalue weighted by Crippen LogP contribution is 2.25. The van der Waals surface area contributed by atoms with Crippen molar-refractivity contribution in [2.24, 2.45) is 0 Å². The molecule has 3 nitrogen and oxygen atoms in total. The van der Waals surface area contributed by atoms with Crippen LogP contribution in [-0.4, -0.2) is 11.9 Å². The van der Waals surface area contributed by atoms with Gasteiger partial charge in [0.2, 0.25) is 5.91 Å². The van der Waals surface area contributed by atoms with Crippen molar-refractivity contribution in [2.75, 3.05) is 5.32 Å². The van der Waals surface area contributed by atoms with Crippen LogP contribution in [0.25, 0.3) is 0 Å². The minimum Gasteiger partial charge on any atom is -0.373 e. The Bertz CT molecular complexity index is 646. The van der Waals surface area contributed by atoms with E-state index in [0.29, 0.717) is 12.0 Å². The lowest BCUT2D eigenvalue weighted by Gasteiger charge is -2.18. The number of anilines is 1. The number of rotatable bonds is 3. The first kappa shape index (κ1) is 13.6.